The average Bonchev–Trinajstić information content (AvgIpc) is 3.09. The maximum Gasteiger partial charge on any atom is 0.377 e. The lowest BCUT2D eigenvalue weighted by molar-refractivity contribution is -0.696. The lowest BCUT2D eigenvalue weighted by Crippen LogP contribution is -2.11. The molecular formula is C26H25N2O3+. The minimum atomic E-state index is -0.389. The van der Waals surface area contributed by atoms with Crippen molar-refractivity contribution in [2.75, 3.05) is 0 Å². The number of carbonyl (C=O) groups excluding carboxylic acids is 2. The smallest absolute Gasteiger partial charge is 0.341 e. The molecule has 5 nitrogen and oxygen atoms in total. The van der Waals surface area contributed by atoms with E-state index in [0.717, 1.165) is 39.6 Å². The number of fused-ring (bicyclic) bond motifs is 3. The second-order valence-corrected chi connectivity index (χ2v) is 7.49. The molecular weight excluding hydrogens is 388 g/mol. The lowest BCUT2D eigenvalue weighted by atomic mass is 9.98. The number of aryl methyl sites for hydroxylation is 2. The van der Waals surface area contributed by atoms with Crippen LogP contribution in [0.25, 0.3) is 21.8 Å². The molecule has 5 heteroatoms. The summed E-state index contributed by atoms with van der Waals surface area (Å²) >= 11 is 0. The first-order valence-electron chi connectivity index (χ1n) is 10.4. The number of rotatable bonds is 5. The van der Waals surface area contributed by atoms with E-state index in [2.05, 4.69) is 11.5 Å². The molecule has 0 saturated carbocycles. The summed E-state index contributed by atoms with van der Waals surface area (Å²) in [7, 11) is 0. The van der Waals surface area contributed by atoms with E-state index < -0.39 is 0 Å². The van der Waals surface area contributed by atoms with E-state index in [-0.39, 0.29) is 11.8 Å². The maximum atomic E-state index is 13.2. The molecule has 0 spiro atoms. The van der Waals surface area contributed by atoms with Crippen molar-refractivity contribution in [3.05, 3.63) is 77.4 Å². The summed E-state index contributed by atoms with van der Waals surface area (Å²) in [5, 5.41) is 2.00. The molecule has 0 aliphatic rings. The number of benzene rings is 3. The number of aromatic nitrogens is 1. The van der Waals surface area contributed by atoms with Crippen LogP contribution in [0, 0.1) is 6.92 Å². The van der Waals surface area contributed by atoms with Crippen molar-refractivity contribution >= 4 is 45.5 Å². The number of nitrogens with zero attached hydrogens (tertiary/aromatic N) is 2. The molecule has 0 bridgehead atoms. The Balaban J connectivity index is 1.92. The largest absolute Gasteiger partial charge is 0.377 e. The first kappa shape index (κ1) is 20.5. The predicted octanol–water partition coefficient (Wildman–Crippen LogP) is 5.57. The Morgan fingerprint density at radius 3 is 2.32 bits per heavy atom. The van der Waals surface area contributed by atoms with Crippen LogP contribution in [-0.4, -0.2) is 27.3 Å². The Hall–Kier alpha value is -3.73. The van der Waals surface area contributed by atoms with Crippen LogP contribution in [0.2, 0.25) is 0 Å². The van der Waals surface area contributed by atoms with Gasteiger partial charge in [-0.25, -0.2) is 4.79 Å². The summed E-state index contributed by atoms with van der Waals surface area (Å²) in [6.45, 7) is 8.04. The number of hydrogen-bond donors (Lipinski definition) is 0. The van der Waals surface area contributed by atoms with Gasteiger partial charge in [-0.05, 0) is 43.7 Å². The molecule has 0 unspecified atom stereocenters. The molecule has 1 aromatic heterocycles. The van der Waals surface area contributed by atoms with Crippen molar-refractivity contribution < 1.29 is 19.2 Å². The zero-order valence-corrected chi connectivity index (χ0v) is 18.2. The first-order chi connectivity index (χ1) is 14.9. The molecule has 4 aromatic rings. The zero-order chi connectivity index (χ0) is 22.1. The van der Waals surface area contributed by atoms with Crippen molar-refractivity contribution in [3.8, 4) is 0 Å². The van der Waals surface area contributed by atoms with Gasteiger partial charge in [-0.3, -0.25) is 4.79 Å². The second kappa shape index (κ2) is 8.19. The molecule has 0 aliphatic heterocycles. The molecule has 0 N–H and O–H groups in total. The third kappa shape index (κ3) is 3.63. The normalized spacial score (nSPS) is 11.8. The van der Waals surface area contributed by atoms with Gasteiger partial charge in [0.15, 0.2) is 12.0 Å². The highest BCUT2D eigenvalue weighted by Crippen LogP contribution is 2.33. The van der Waals surface area contributed by atoms with Gasteiger partial charge in [-0.15, -0.1) is 0 Å². The zero-order valence-electron chi connectivity index (χ0n) is 18.2. The molecule has 156 valence electrons. The van der Waals surface area contributed by atoms with Gasteiger partial charge in [0.1, 0.15) is 0 Å². The van der Waals surface area contributed by atoms with E-state index in [4.69, 9.17) is 4.84 Å². The monoisotopic (exact) mass is 413 g/mol. The molecule has 31 heavy (non-hydrogen) atoms. The van der Waals surface area contributed by atoms with Gasteiger partial charge in [-0.1, -0.05) is 24.3 Å². The van der Waals surface area contributed by atoms with E-state index in [1.807, 2.05) is 67.6 Å². The van der Waals surface area contributed by atoms with Gasteiger partial charge >= 0.3 is 5.97 Å². The van der Waals surface area contributed by atoms with Crippen molar-refractivity contribution in [3.63, 3.8) is 0 Å². The van der Waals surface area contributed by atoms with E-state index in [0.29, 0.717) is 11.1 Å². The fourth-order valence-corrected chi connectivity index (χ4v) is 4.09. The van der Waals surface area contributed by atoms with Crippen molar-refractivity contribution in [1.82, 2.24) is 4.57 Å². The Morgan fingerprint density at radius 2 is 1.68 bits per heavy atom. The van der Waals surface area contributed by atoms with Gasteiger partial charge in [0.2, 0.25) is 0 Å². The Bertz CT molecular complexity index is 1360. The summed E-state index contributed by atoms with van der Waals surface area (Å²) in [5.74, 6) is -0.378. The summed E-state index contributed by atoms with van der Waals surface area (Å²) in [4.78, 5) is 29.9. The molecule has 0 aliphatic carbocycles. The average molecular weight is 413 g/mol. The van der Waals surface area contributed by atoms with Crippen LogP contribution in [0.3, 0.4) is 0 Å². The van der Waals surface area contributed by atoms with Gasteiger partial charge < -0.3 is 4.57 Å². The van der Waals surface area contributed by atoms with Crippen molar-refractivity contribution in [2.24, 2.45) is 0 Å². The SMILES string of the molecule is CC=[N+](OC(C)=O)c1ccc2c(c1)c1cc(C(=O)c3ccccc3C)ccc1n2CC. The molecule has 4 rings (SSSR count). The summed E-state index contributed by atoms with van der Waals surface area (Å²) in [6.07, 6.45) is 1.70. The van der Waals surface area contributed by atoms with E-state index in [9.17, 15) is 9.59 Å². The Labute approximate surface area is 181 Å². The van der Waals surface area contributed by atoms with E-state index in [1.54, 1.807) is 13.1 Å². The highest BCUT2D eigenvalue weighted by molar-refractivity contribution is 6.15. The van der Waals surface area contributed by atoms with E-state index in [1.165, 1.54) is 11.7 Å². The molecule has 0 fully saturated rings. The minimum Gasteiger partial charge on any atom is -0.341 e. The quantitative estimate of drug-likeness (QED) is 0.141. The summed E-state index contributed by atoms with van der Waals surface area (Å²) in [6, 6.07) is 19.5. The minimum absolute atomic E-state index is 0.0111. The Kier molecular flexibility index (Phi) is 5.42. The molecule has 0 saturated heterocycles. The van der Waals surface area contributed by atoms with Gasteiger partial charge in [0.25, 0.3) is 5.69 Å². The molecule has 3 aromatic carbocycles. The molecule has 1 heterocycles. The van der Waals surface area contributed by atoms with Gasteiger partial charge in [0, 0.05) is 70.2 Å². The number of carbonyl (C=O) groups is 2. The number of ketones is 1. The molecule has 0 amide bonds. The maximum absolute atomic E-state index is 13.2. The first-order valence-corrected chi connectivity index (χ1v) is 10.4. The fourth-order valence-electron chi connectivity index (χ4n) is 4.09. The third-order valence-corrected chi connectivity index (χ3v) is 5.53. The Morgan fingerprint density at radius 1 is 1.00 bits per heavy atom. The van der Waals surface area contributed by atoms with E-state index >= 15 is 0 Å². The van der Waals surface area contributed by atoms with Crippen LogP contribution in [0.5, 0.6) is 0 Å². The van der Waals surface area contributed by atoms with Gasteiger partial charge in [0.05, 0.1) is 0 Å². The van der Waals surface area contributed by atoms with Crippen molar-refractivity contribution in [1.29, 1.82) is 0 Å². The fraction of sp³-hybridized carbons (Fsp3) is 0.192. The highest BCUT2D eigenvalue weighted by Gasteiger charge is 2.19. The van der Waals surface area contributed by atoms with Crippen LogP contribution < -0.4 is 0 Å². The van der Waals surface area contributed by atoms with Crippen LogP contribution in [0.15, 0.2) is 60.7 Å². The van der Waals surface area contributed by atoms with Crippen LogP contribution in [0.1, 0.15) is 42.3 Å². The summed E-state index contributed by atoms with van der Waals surface area (Å²) in [5.41, 5.74) is 5.21. The summed E-state index contributed by atoms with van der Waals surface area (Å²) < 4.78 is 3.68. The van der Waals surface area contributed by atoms with Crippen LogP contribution in [0.4, 0.5) is 5.69 Å². The lowest BCUT2D eigenvalue weighted by Gasteiger charge is -2.06. The standard InChI is InChI=1S/C26H25N2O3/c1-5-27-24-13-11-19(26(30)21-10-8-7-9-17(21)3)15-22(24)23-16-20(12-14-25(23)27)28(6-2)31-18(4)29/h6-16H,5H2,1-4H3/q+1. The molecule has 0 atom stereocenters. The topological polar surface area (TPSA) is 51.3 Å². The predicted molar refractivity (Wildman–Crippen MR) is 123 cm³/mol. The van der Waals surface area contributed by atoms with Gasteiger partial charge in [-0.2, -0.15) is 4.84 Å². The second-order valence-electron chi connectivity index (χ2n) is 7.49. The van der Waals surface area contributed by atoms with Crippen molar-refractivity contribution in [2.45, 2.75) is 34.2 Å². The van der Waals surface area contributed by atoms with Crippen LogP contribution in [-0.2, 0) is 16.2 Å². The number of hydrogen-bond acceptors (Lipinski definition) is 3. The van der Waals surface area contributed by atoms with Crippen LogP contribution >= 0.6 is 0 Å². The third-order valence-electron chi connectivity index (χ3n) is 5.53. The molecule has 0 radical (unpaired) electrons. The highest BCUT2D eigenvalue weighted by atomic mass is 16.7.